The minimum atomic E-state index is -0.0420. The lowest BCUT2D eigenvalue weighted by Gasteiger charge is -2.14. The first-order valence-corrected chi connectivity index (χ1v) is 5.03. The molecule has 0 fully saturated rings. The molecule has 1 aromatic rings. The first kappa shape index (κ1) is 12.4. The van der Waals surface area contributed by atoms with Crippen LogP contribution >= 0.6 is 0 Å². The molecule has 0 N–H and O–H groups in total. The Morgan fingerprint density at radius 1 is 1.19 bits per heavy atom. The normalized spacial score (nSPS) is 9.75. The van der Waals surface area contributed by atoms with Crippen LogP contribution in [0.15, 0.2) is 12.1 Å². The van der Waals surface area contributed by atoms with E-state index in [4.69, 9.17) is 14.2 Å². The molecule has 0 aromatic heterocycles. The summed E-state index contributed by atoms with van der Waals surface area (Å²) in [4.78, 5) is 11.3. The van der Waals surface area contributed by atoms with Crippen molar-refractivity contribution < 1.29 is 19.0 Å². The van der Waals surface area contributed by atoms with Crippen molar-refractivity contribution in [3.05, 3.63) is 17.7 Å². The Morgan fingerprint density at radius 2 is 1.69 bits per heavy atom. The summed E-state index contributed by atoms with van der Waals surface area (Å²) in [6, 6.07) is 3.30. The largest absolute Gasteiger partial charge is 0.493 e. The fourth-order valence-electron chi connectivity index (χ4n) is 1.37. The summed E-state index contributed by atoms with van der Waals surface area (Å²) in [5.41, 5.74) is 0.539. The molecule has 0 saturated carbocycles. The summed E-state index contributed by atoms with van der Waals surface area (Å²) in [5, 5.41) is 0. The molecule has 0 aliphatic carbocycles. The Bertz CT molecular complexity index is 360. The Labute approximate surface area is 95.1 Å². The third kappa shape index (κ3) is 2.45. The maximum Gasteiger partial charge on any atom is 0.203 e. The van der Waals surface area contributed by atoms with Crippen molar-refractivity contribution in [3.63, 3.8) is 0 Å². The Kier molecular flexibility index (Phi) is 4.17. The summed E-state index contributed by atoms with van der Waals surface area (Å²) in [7, 11) is 3.06. The second-order valence-corrected chi connectivity index (χ2v) is 3.20. The van der Waals surface area contributed by atoms with Gasteiger partial charge >= 0.3 is 0 Å². The monoisotopic (exact) mass is 224 g/mol. The highest BCUT2D eigenvalue weighted by Gasteiger charge is 2.15. The molecule has 0 atom stereocenters. The van der Waals surface area contributed by atoms with Gasteiger partial charge < -0.3 is 14.2 Å². The molecule has 0 radical (unpaired) electrons. The van der Waals surface area contributed by atoms with Crippen LogP contribution in [0.1, 0.15) is 24.2 Å². The summed E-state index contributed by atoms with van der Waals surface area (Å²) in [6.45, 7) is 3.87. The van der Waals surface area contributed by atoms with Crippen molar-refractivity contribution in [2.45, 2.75) is 13.8 Å². The Balaban J connectivity index is 3.30. The first-order chi connectivity index (χ1) is 7.63. The topological polar surface area (TPSA) is 44.8 Å². The van der Waals surface area contributed by atoms with E-state index in [0.717, 1.165) is 0 Å². The molecule has 88 valence electrons. The van der Waals surface area contributed by atoms with Crippen LogP contribution in [0, 0.1) is 0 Å². The van der Waals surface area contributed by atoms with Crippen molar-refractivity contribution in [2.75, 3.05) is 20.8 Å². The maximum absolute atomic E-state index is 11.3. The minimum Gasteiger partial charge on any atom is -0.493 e. The van der Waals surface area contributed by atoms with Crippen LogP contribution in [0.25, 0.3) is 0 Å². The van der Waals surface area contributed by atoms with Gasteiger partial charge in [0.05, 0.1) is 20.8 Å². The SMILES string of the molecule is CCOc1c(OC)cc(C(C)=O)cc1OC. The number of ketones is 1. The maximum atomic E-state index is 11.3. The molecule has 0 unspecified atom stereocenters. The number of benzene rings is 1. The van der Waals surface area contributed by atoms with Gasteiger partial charge in [0, 0.05) is 5.56 Å². The van der Waals surface area contributed by atoms with E-state index in [1.165, 1.54) is 21.1 Å². The second-order valence-electron chi connectivity index (χ2n) is 3.20. The average Bonchev–Trinajstić information content (AvgIpc) is 2.29. The van der Waals surface area contributed by atoms with E-state index in [1.807, 2.05) is 6.92 Å². The number of carbonyl (C=O) groups is 1. The van der Waals surface area contributed by atoms with Crippen LogP contribution in [0.5, 0.6) is 17.2 Å². The fraction of sp³-hybridized carbons (Fsp3) is 0.417. The molecule has 1 rings (SSSR count). The zero-order chi connectivity index (χ0) is 12.1. The van der Waals surface area contributed by atoms with Crippen molar-refractivity contribution in [1.82, 2.24) is 0 Å². The molecule has 4 heteroatoms. The van der Waals surface area contributed by atoms with Crippen molar-refractivity contribution >= 4 is 5.78 Å². The number of methoxy groups -OCH3 is 2. The lowest BCUT2D eigenvalue weighted by atomic mass is 10.1. The Morgan fingerprint density at radius 3 is 2.00 bits per heavy atom. The van der Waals surface area contributed by atoms with E-state index in [2.05, 4.69) is 0 Å². The second kappa shape index (κ2) is 5.39. The van der Waals surface area contributed by atoms with E-state index >= 15 is 0 Å². The van der Waals surface area contributed by atoms with Gasteiger partial charge in [-0.25, -0.2) is 0 Å². The van der Waals surface area contributed by atoms with Crippen molar-refractivity contribution in [2.24, 2.45) is 0 Å². The summed E-state index contributed by atoms with van der Waals surface area (Å²) in [5.74, 6) is 1.50. The van der Waals surface area contributed by atoms with Crippen LogP contribution in [0.4, 0.5) is 0 Å². The first-order valence-electron chi connectivity index (χ1n) is 5.03. The summed E-state index contributed by atoms with van der Waals surface area (Å²) < 4.78 is 15.8. The molecule has 0 saturated heterocycles. The predicted octanol–water partition coefficient (Wildman–Crippen LogP) is 2.31. The third-order valence-corrected chi connectivity index (χ3v) is 2.16. The highest BCUT2D eigenvalue weighted by Crippen LogP contribution is 2.38. The zero-order valence-corrected chi connectivity index (χ0v) is 9.99. The molecule has 0 aliphatic heterocycles. The van der Waals surface area contributed by atoms with E-state index in [9.17, 15) is 4.79 Å². The van der Waals surface area contributed by atoms with E-state index < -0.39 is 0 Å². The van der Waals surface area contributed by atoms with Crippen molar-refractivity contribution in [3.8, 4) is 17.2 Å². The quantitative estimate of drug-likeness (QED) is 0.720. The van der Waals surface area contributed by atoms with E-state index in [-0.39, 0.29) is 5.78 Å². The fourth-order valence-corrected chi connectivity index (χ4v) is 1.37. The molecule has 0 aliphatic rings. The van der Waals surface area contributed by atoms with Gasteiger partial charge in [-0.3, -0.25) is 4.79 Å². The number of ether oxygens (including phenoxy) is 3. The van der Waals surface area contributed by atoms with Crippen LogP contribution < -0.4 is 14.2 Å². The molecule has 16 heavy (non-hydrogen) atoms. The summed E-state index contributed by atoms with van der Waals surface area (Å²) in [6.07, 6.45) is 0. The van der Waals surface area contributed by atoms with Gasteiger partial charge in [0.1, 0.15) is 0 Å². The lowest BCUT2D eigenvalue weighted by molar-refractivity contribution is 0.101. The van der Waals surface area contributed by atoms with Gasteiger partial charge in [-0.05, 0) is 26.0 Å². The van der Waals surface area contributed by atoms with Gasteiger partial charge in [0.2, 0.25) is 5.75 Å². The number of Topliss-reactive ketones (excluding diaryl/α,β-unsaturated/α-hetero) is 1. The third-order valence-electron chi connectivity index (χ3n) is 2.16. The highest BCUT2D eigenvalue weighted by molar-refractivity contribution is 5.95. The van der Waals surface area contributed by atoms with Gasteiger partial charge in [0.15, 0.2) is 17.3 Å². The summed E-state index contributed by atoms with van der Waals surface area (Å²) >= 11 is 0. The molecule has 1 aromatic carbocycles. The van der Waals surface area contributed by atoms with Crippen LogP contribution in [-0.4, -0.2) is 26.6 Å². The van der Waals surface area contributed by atoms with Crippen LogP contribution in [0.2, 0.25) is 0 Å². The van der Waals surface area contributed by atoms with E-state index in [0.29, 0.717) is 29.4 Å². The standard InChI is InChI=1S/C12H16O4/c1-5-16-12-10(14-3)6-9(8(2)13)7-11(12)15-4/h6-7H,5H2,1-4H3. The molecule has 0 heterocycles. The predicted molar refractivity (Wildman–Crippen MR) is 60.7 cm³/mol. The number of rotatable bonds is 5. The van der Waals surface area contributed by atoms with Crippen LogP contribution in [-0.2, 0) is 0 Å². The molecular formula is C12H16O4. The smallest absolute Gasteiger partial charge is 0.203 e. The Hall–Kier alpha value is -1.71. The minimum absolute atomic E-state index is 0.0420. The van der Waals surface area contributed by atoms with Gasteiger partial charge in [-0.2, -0.15) is 0 Å². The lowest BCUT2D eigenvalue weighted by Crippen LogP contribution is -2.01. The molecule has 0 bridgehead atoms. The highest BCUT2D eigenvalue weighted by atomic mass is 16.5. The van der Waals surface area contributed by atoms with Gasteiger partial charge in [-0.15, -0.1) is 0 Å². The zero-order valence-electron chi connectivity index (χ0n) is 9.99. The molecular weight excluding hydrogens is 208 g/mol. The van der Waals surface area contributed by atoms with Crippen LogP contribution in [0.3, 0.4) is 0 Å². The molecule has 0 amide bonds. The average molecular weight is 224 g/mol. The van der Waals surface area contributed by atoms with Crippen molar-refractivity contribution in [1.29, 1.82) is 0 Å². The van der Waals surface area contributed by atoms with E-state index in [1.54, 1.807) is 12.1 Å². The number of hydrogen-bond acceptors (Lipinski definition) is 4. The van der Waals surface area contributed by atoms with Gasteiger partial charge in [-0.1, -0.05) is 0 Å². The number of hydrogen-bond donors (Lipinski definition) is 0. The number of carbonyl (C=O) groups excluding carboxylic acids is 1. The molecule has 0 spiro atoms. The molecule has 4 nitrogen and oxygen atoms in total. The van der Waals surface area contributed by atoms with Gasteiger partial charge in [0.25, 0.3) is 0 Å².